The van der Waals surface area contributed by atoms with E-state index in [0.717, 1.165) is 21.3 Å². The van der Waals surface area contributed by atoms with Crippen molar-refractivity contribution in [3.05, 3.63) is 57.8 Å². The lowest BCUT2D eigenvalue weighted by atomic mass is 10.1. The van der Waals surface area contributed by atoms with E-state index < -0.39 is 0 Å². The molecule has 0 saturated carbocycles. The molecule has 2 N–H and O–H groups in total. The van der Waals surface area contributed by atoms with E-state index >= 15 is 0 Å². The number of methoxy groups -OCH3 is 1. The van der Waals surface area contributed by atoms with Gasteiger partial charge < -0.3 is 15.2 Å². The Bertz CT molecular complexity index is 632. The summed E-state index contributed by atoms with van der Waals surface area (Å²) in [6.45, 7) is 2.16. The number of ether oxygens (including phenoxy) is 2. The van der Waals surface area contributed by atoms with Crippen molar-refractivity contribution in [1.82, 2.24) is 0 Å². The highest BCUT2D eigenvalue weighted by atomic mass is 79.9. The van der Waals surface area contributed by atoms with Crippen LogP contribution in [0, 0.1) is 5.82 Å². The number of hydrogen-bond acceptors (Lipinski definition) is 3. The van der Waals surface area contributed by atoms with Gasteiger partial charge in [0.25, 0.3) is 0 Å². The lowest BCUT2D eigenvalue weighted by Gasteiger charge is -2.14. The monoisotopic (exact) mass is 353 g/mol. The summed E-state index contributed by atoms with van der Waals surface area (Å²) in [5, 5.41) is 0. The summed E-state index contributed by atoms with van der Waals surface area (Å²) in [5.74, 6) is 0.878. The van der Waals surface area contributed by atoms with Crippen LogP contribution in [0.15, 0.2) is 40.9 Å². The van der Waals surface area contributed by atoms with Gasteiger partial charge in [-0.1, -0.05) is 12.1 Å². The number of hydrogen-bond donors (Lipinski definition) is 1. The largest absolute Gasteiger partial charge is 0.496 e. The topological polar surface area (TPSA) is 44.5 Å². The van der Waals surface area contributed by atoms with Gasteiger partial charge in [-0.15, -0.1) is 0 Å². The van der Waals surface area contributed by atoms with Crippen molar-refractivity contribution in [2.45, 2.75) is 19.6 Å². The van der Waals surface area contributed by atoms with Gasteiger partial charge in [0.15, 0.2) is 0 Å². The molecular weight excluding hydrogens is 337 g/mol. The van der Waals surface area contributed by atoms with Gasteiger partial charge in [-0.2, -0.15) is 0 Å². The Balaban J connectivity index is 2.16. The normalized spacial score (nSPS) is 12.0. The van der Waals surface area contributed by atoms with Crippen molar-refractivity contribution < 1.29 is 13.9 Å². The fourth-order valence-electron chi connectivity index (χ4n) is 1.97. The highest BCUT2D eigenvalue weighted by molar-refractivity contribution is 9.10. The van der Waals surface area contributed by atoms with Crippen LogP contribution in [0.25, 0.3) is 0 Å². The van der Waals surface area contributed by atoms with Gasteiger partial charge in [0, 0.05) is 17.7 Å². The van der Waals surface area contributed by atoms with Crippen LogP contribution in [0.5, 0.6) is 11.5 Å². The quantitative estimate of drug-likeness (QED) is 0.876. The average Bonchev–Trinajstić information content (AvgIpc) is 2.45. The van der Waals surface area contributed by atoms with E-state index in [1.807, 2.05) is 25.1 Å². The maximum Gasteiger partial charge on any atom is 0.133 e. The minimum absolute atomic E-state index is 0.219. The van der Waals surface area contributed by atoms with Gasteiger partial charge in [0.05, 0.1) is 11.6 Å². The second-order valence-electron chi connectivity index (χ2n) is 4.73. The van der Waals surface area contributed by atoms with Crippen LogP contribution in [0.1, 0.15) is 24.1 Å². The third-order valence-corrected chi connectivity index (χ3v) is 3.70. The second kappa shape index (κ2) is 6.91. The summed E-state index contributed by atoms with van der Waals surface area (Å²) < 4.78 is 25.1. The molecule has 2 aromatic rings. The molecule has 3 nitrogen and oxygen atoms in total. The SMILES string of the molecule is COc1ccc(COc2cc(F)ccc2[C@H](C)N)cc1Br. The maximum atomic E-state index is 13.4. The Morgan fingerprint density at radius 3 is 2.57 bits per heavy atom. The number of rotatable bonds is 5. The van der Waals surface area contributed by atoms with Gasteiger partial charge in [-0.25, -0.2) is 4.39 Å². The van der Waals surface area contributed by atoms with Crippen LogP contribution in [-0.2, 0) is 6.61 Å². The molecule has 0 radical (unpaired) electrons. The highest BCUT2D eigenvalue weighted by Crippen LogP contribution is 2.28. The number of benzene rings is 2. The zero-order valence-corrected chi connectivity index (χ0v) is 13.5. The molecule has 0 bridgehead atoms. The summed E-state index contributed by atoms with van der Waals surface area (Å²) in [6, 6.07) is 9.83. The summed E-state index contributed by atoms with van der Waals surface area (Å²) in [7, 11) is 1.61. The molecule has 0 fully saturated rings. The van der Waals surface area contributed by atoms with Crippen LogP contribution in [-0.4, -0.2) is 7.11 Å². The summed E-state index contributed by atoms with van der Waals surface area (Å²) in [4.78, 5) is 0. The third-order valence-electron chi connectivity index (χ3n) is 3.08. The van der Waals surface area contributed by atoms with E-state index in [9.17, 15) is 4.39 Å². The third kappa shape index (κ3) is 3.95. The predicted octanol–water partition coefficient (Wildman–Crippen LogP) is 4.20. The van der Waals surface area contributed by atoms with Gasteiger partial charge in [-0.3, -0.25) is 0 Å². The first-order valence-electron chi connectivity index (χ1n) is 6.51. The first-order valence-corrected chi connectivity index (χ1v) is 7.31. The molecule has 5 heteroatoms. The first-order chi connectivity index (χ1) is 10.0. The Kier molecular flexibility index (Phi) is 5.20. The van der Waals surface area contributed by atoms with Gasteiger partial charge >= 0.3 is 0 Å². The van der Waals surface area contributed by atoms with Crippen molar-refractivity contribution in [3.63, 3.8) is 0 Å². The minimum atomic E-state index is -0.342. The molecule has 21 heavy (non-hydrogen) atoms. The molecule has 2 rings (SSSR count). The van der Waals surface area contributed by atoms with Gasteiger partial charge in [0.2, 0.25) is 0 Å². The molecule has 0 aromatic heterocycles. The summed E-state index contributed by atoms with van der Waals surface area (Å²) >= 11 is 3.42. The van der Waals surface area contributed by atoms with E-state index in [1.54, 1.807) is 13.2 Å². The minimum Gasteiger partial charge on any atom is -0.496 e. The molecule has 0 saturated heterocycles. The molecule has 0 aliphatic carbocycles. The molecule has 0 aliphatic rings. The van der Waals surface area contributed by atoms with Crippen molar-refractivity contribution in [2.24, 2.45) is 5.73 Å². The van der Waals surface area contributed by atoms with Crippen molar-refractivity contribution in [3.8, 4) is 11.5 Å². The molecule has 112 valence electrons. The maximum absolute atomic E-state index is 13.4. The Morgan fingerprint density at radius 2 is 1.95 bits per heavy atom. The van der Waals surface area contributed by atoms with E-state index in [4.69, 9.17) is 15.2 Å². The van der Waals surface area contributed by atoms with Crippen LogP contribution >= 0.6 is 15.9 Å². The van der Waals surface area contributed by atoms with E-state index in [1.165, 1.54) is 12.1 Å². The highest BCUT2D eigenvalue weighted by Gasteiger charge is 2.10. The van der Waals surface area contributed by atoms with Gasteiger partial charge in [0.1, 0.15) is 23.9 Å². The van der Waals surface area contributed by atoms with Crippen molar-refractivity contribution in [2.75, 3.05) is 7.11 Å². The molecular formula is C16H17BrFNO2. The molecule has 0 heterocycles. The van der Waals surface area contributed by atoms with E-state index in [2.05, 4.69) is 15.9 Å². The fraction of sp³-hybridized carbons (Fsp3) is 0.250. The zero-order valence-electron chi connectivity index (χ0n) is 11.9. The second-order valence-corrected chi connectivity index (χ2v) is 5.58. The van der Waals surface area contributed by atoms with E-state index in [0.29, 0.717) is 12.4 Å². The molecule has 0 unspecified atom stereocenters. The standard InChI is InChI=1S/C16H17BrFNO2/c1-10(19)13-5-4-12(18)8-16(13)21-9-11-3-6-15(20-2)14(17)7-11/h3-8,10H,9,19H2,1-2H3/t10-/m0/s1. The molecule has 0 aliphatic heterocycles. The average molecular weight is 354 g/mol. The van der Waals surface area contributed by atoms with Crippen LogP contribution in [0.3, 0.4) is 0 Å². The smallest absolute Gasteiger partial charge is 0.133 e. The Labute approximate surface area is 132 Å². The first kappa shape index (κ1) is 15.8. The molecule has 2 aromatic carbocycles. The van der Waals surface area contributed by atoms with Crippen LogP contribution in [0.4, 0.5) is 4.39 Å². The van der Waals surface area contributed by atoms with Crippen molar-refractivity contribution >= 4 is 15.9 Å². The van der Waals surface area contributed by atoms with Crippen molar-refractivity contribution in [1.29, 1.82) is 0 Å². The molecule has 1 atom stereocenters. The van der Waals surface area contributed by atoms with Gasteiger partial charge in [-0.05, 0) is 46.6 Å². The lowest BCUT2D eigenvalue weighted by molar-refractivity contribution is 0.299. The predicted molar refractivity (Wildman–Crippen MR) is 84.0 cm³/mol. The van der Waals surface area contributed by atoms with E-state index in [-0.39, 0.29) is 11.9 Å². The Morgan fingerprint density at radius 1 is 1.19 bits per heavy atom. The lowest BCUT2D eigenvalue weighted by Crippen LogP contribution is -2.08. The fourth-order valence-corrected chi connectivity index (χ4v) is 2.56. The summed E-state index contributed by atoms with van der Waals surface area (Å²) in [5.41, 5.74) is 7.60. The summed E-state index contributed by atoms with van der Waals surface area (Å²) in [6.07, 6.45) is 0. The molecule has 0 amide bonds. The number of halogens is 2. The Hall–Kier alpha value is -1.59. The van der Waals surface area contributed by atoms with Crippen LogP contribution < -0.4 is 15.2 Å². The van der Waals surface area contributed by atoms with Crippen LogP contribution in [0.2, 0.25) is 0 Å². The zero-order chi connectivity index (χ0) is 15.4. The number of nitrogens with two attached hydrogens (primary N) is 1. The molecule has 0 spiro atoms.